The third-order valence-corrected chi connectivity index (χ3v) is 8.25. The number of nitrogens with zero attached hydrogens (tertiary/aromatic N) is 2. The van der Waals surface area contributed by atoms with Gasteiger partial charge >= 0.3 is 0 Å². The van der Waals surface area contributed by atoms with Crippen LogP contribution in [0.25, 0.3) is 0 Å². The van der Waals surface area contributed by atoms with Crippen molar-refractivity contribution in [3.63, 3.8) is 0 Å². The molecular formula is C27H35ClFN3O4S. The van der Waals surface area contributed by atoms with Crippen molar-refractivity contribution in [3.8, 4) is 0 Å². The van der Waals surface area contributed by atoms with Crippen LogP contribution in [-0.4, -0.2) is 50.0 Å². The minimum absolute atomic E-state index is 0.0265. The standard InChI is InChI=1S/C27H35ClFN3O4S/c1-20(27(34)30-23-10-4-3-5-11-23)31(19-21-9-6-7-12-25(21)28)26(33)13-8-18-32(37(2,35)36)24-16-14-22(29)15-17-24/h6-7,9,12,14-17,20,23H,3-5,8,10-11,13,18-19H2,1-2H3,(H,30,34). The SMILES string of the molecule is CC(C(=O)NC1CCCCC1)N(Cc1ccccc1Cl)C(=O)CCCN(c1ccc(F)cc1)S(C)(=O)=O. The maximum atomic E-state index is 13.4. The number of carbonyl (C=O) groups excluding carboxylic acids is 2. The van der Waals surface area contributed by atoms with E-state index in [0.717, 1.165) is 41.8 Å². The van der Waals surface area contributed by atoms with Crippen LogP contribution in [0.5, 0.6) is 0 Å². The average molecular weight is 552 g/mol. The molecule has 1 N–H and O–H groups in total. The first-order valence-electron chi connectivity index (χ1n) is 12.6. The van der Waals surface area contributed by atoms with Crippen LogP contribution in [-0.2, 0) is 26.2 Å². The molecule has 1 fully saturated rings. The van der Waals surface area contributed by atoms with Gasteiger partial charge in [-0.1, -0.05) is 49.1 Å². The molecule has 0 bridgehead atoms. The van der Waals surface area contributed by atoms with Crippen molar-refractivity contribution < 1.29 is 22.4 Å². The summed E-state index contributed by atoms with van der Waals surface area (Å²) in [5, 5.41) is 3.59. The average Bonchev–Trinajstić information content (AvgIpc) is 2.86. The molecule has 1 unspecified atom stereocenters. The molecule has 1 atom stereocenters. The Morgan fingerprint density at radius 1 is 1.08 bits per heavy atom. The summed E-state index contributed by atoms with van der Waals surface area (Å²) in [7, 11) is -3.64. The first-order chi connectivity index (χ1) is 17.6. The van der Waals surface area contributed by atoms with Crippen LogP contribution >= 0.6 is 11.6 Å². The van der Waals surface area contributed by atoms with Gasteiger partial charge in [-0.2, -0.15) is 0 Å². The molecule has 0 aliphatic heterocycles. The quantitative estimate of drug-likeness (QED) is 0.431. The number of hydrogen-bond acceptors (Lipinski definition) is 4. The molecule has 0 spiro atoms. The van der Waals surface area contributed by atoms with Crippen LogP contribution in [0, 0.1) is 5.82 Å². The lowest BCUT2D eigenvalue weighted by atomic mass is 9.95. The zero-order chi connectivity index (χ0) is 27.0. The molecule has 2 aromatic rings. The zero-order valence-corrected chi connectivity index (χ0v) is 22.9. The molecule has 1 aliphatic carbocycles. The van der Waals surface area contributed by atoms with Gasteiger partial charge in [0.15, 0.2) is 0 Å². The molecule has 1 saturated carbocycles. The number of carbonyl (C=O) groups is 2. The number of halogens is 2. The van der Waals surface area contributed by atoms with Gasteiger partial charge in [-0.05, 0) is 62.1 Å². The maximum absolute atomic E-state index is 13.4. The molecule has 0 radical (unpaired) electrons. The molecule has 37 heavy (non-hydrogen) atoms. The van der Waals surface area contributed by atoms with Crippen molar-refractivity contribution in [1.29, 1.82) is 0 Å². The topological polar surface area (TPSA) is 86.8 Å². The Hall–Kier alpha value is -2.65. The summed E-state index contributed by atoms with van der Waals surface area (Å²) in [6.45, 7) is 1.90. The lowest BCUT2D eigenvalue weighted by Gasteiger charge is -2.31. The van der Waals surface area contributed by atoms with Crippen LogP contribution in [0.2, 0.25) is 5.02 Å². The summed E-state index contributed by atoms with van der Waals surface area (Å²) in [5.74, 6) is -0.960. The fraction of sp³-hybridized carbons (Fsp3) is 0.481. The van der Waals surface area contributed by atoms with E-state index in [4.69, 9.17) is 11.6 Å². The van der Waals surface area contributed by atoms with Gasteiger partial charge in [0.25, 0.3) is 0 Å². The van der Waals surface area contributed by atoms with E-state index in [1.54, 1.807) is 19.1 Å². The molecule has 7 nitrogen and oxygen atoms in total. The van der Waals surface area contributed by atoms with E-state index in [1.165, 1.54) is 35.6 Å². The molecule has 202 valence electrons. The Morgan fingerprint density at radius 2 is 1.73 bits per heavy atom. The molecule has 2 aromatic carbocycles. The molecule has 0 saturated heterocycles. The summed E-state index contributed by atoms with van der Waals surface area (Å²) < 4.78 is 39.2. The molecular weight excluding hydrogens is 517 g/mol. The van der Waals surface area contributed by atoms with Gasteiger partial charge in [0.1, 0.15) is 11.9 Å². The van der Waals surface area contributed by atoms with E-state index in [9.17, 15) is 22.4 Å². The van der Waals surface area contributed by atoms with E-state index in [2.05, 4.69) is 5.32 Å². The minimum atomic E-state index is -3.64. The zero-order valence-electron chi connectivity index (χ0n) is 21.3. The van der Waals surface area contributed by atoms with E-state index >= 15 is 0 Å². The van der Waals surface area contributed by atoms with Crippen LogP contribution in [0.4, 0.5) is 10.1 Å². The van der Waals surface area contributed by atoms with Crippen LogP contribution in [0.15, 0.2) is 48.5 Å². The summed E-state index contributed by atoms with van der Waals surface area (Å²) in [6.07, 6.45) is 6.50. The van der Waals surface area contributed by atoms with Crippen molar-refractivity contribution in [3.05, 3.63) is 64.9 Å². The van der Waals surface area contributed by atoms with Crippen molar-refractivity contribution in [2.45, 2.75) is 70.5 Å². The predicted molar refractivity (Wildman–Crippen MR) is 144 cm³/mol. The number of anilines is 1. The minimum Gasteiger partial charge on any atom is -0.352 e. The highest BCUT2D eigenvalue weighted by molar-refractivity contribution is 7.92. The van der Waals surface area contributed by atoms with Crippen LogP contribution < -0.4 is 9.62 Å². The van der Waals surface area contributed by atoms with Gasteiger partial charge in [-0.25, -0.2) is 12.8 Å². The summed E-state index contributed by atoms with van der Waals surface area (Å²) in [6, 6.07) is 11.7. The van der Waals surface area contributed by atoms with Crippen molar-refractivity contribution in [2.24, 2.45) is 0 Å². The van der Waals surface area contributed by atoms with Crippen molar-refractivity contribution in [1.82, 2.24) is 10.2 Å². The van der Waals surface area contributed by atoms with E-state index < -0.39 is 21.9 Å². The van der Waals surface area contributed by atoms with Gasteiger partial charge in [0.05, 0.1) is 11.9 Å². The second-order valence-electron chi connectivity index (χ2n) is 9.55. The second kappa shape index (κ2) is 13.2. The molecule has 3 rings (SSSR count). The monoisotopic (exact) mass is 551 g/mol. The fourth-order valence-electron chi connectivity index (χ4n) is 4.57. The van der Waals surface area contributed by atoms with Crippen LogP contribution in [0.3, 0.4) is 0 Å². The normalized spacial score (nSPS) is 15.1. The van der Waals surface area contributed by atoms with E-state index in [1.807, 2.05) is 12.1 Å². The van der Waals surface area contributed by atoms with Crippen molar-refractivity contribution in [2.75, 3.05) is 17.1 Å². The lowest BCUT2D eigenvalue weighted by molar-refractivity contribution is -0.141. The molecule has 0 aromatic heterocycles. The first kappa shape index (κ1) is 28.9. The Morgan fingerprint density at radius 3 is 2.35 bits per heavy atom. The number of amides is 2. The third-order valence-electron chi connectivity index (χ3n) is 6.68. The first-order valence-corrected chi connectivity index (χ1v) is 14.9. The second-order valence-corrected chi connectivity index (χ2v) is 11.9. The number of benzene rings is 2. The lowest BCUT2D eigenvalue weighted by Crippen LogP contribution is -2.50. The number of hydrogen-bond donors (Lipinski definition) is 1. The van der Waals surface area contributed by atoms with E-state index in [0.29, 0.717) is 10.7 Å². The van der Waals surface area contributed by atoms with Gasteiger partial charge in [0.2, 0.25) is 21.8 Å². The fourth-order valence-corrected chi connectivity index (χ4v) is 5.73. The number of nitrogens with one attached hydrogen (secondary N) is 1. The number of sulfonamides is 1. The van der Waals surface area contributed by atoms with Crippen LogP contribution in [0.1, 0.15) is 57.4 Å². The number of rotatable bonds is 11. The third kappa shape index (κ3) is 8.43. The van der Waals surface area contributed by atoms with Gasteiger partial charge in [-0.3, -0.25) is 13.9 Å². The predicted octanol–water partition coefficient (Wildman–Crippen LogP) is 4.89. The Balaban J connectivity index is 1.72. The molecule has 2 amide bonds. The van der Waals surface area contributed by atoms with E-state index in [-0.39, 0.29) is 43.8 Å². The van der Waals surface area contributed by atoms with Gasteiger partial charge in [-0.15, -0.1) is 0 Å². The molecule has 1 aliphatic rings. The highest BCUT2D eigenvalue weighted by atomic mass is 35.5. The summed E-state index contributed by atoms with van der Waals surface area (Å²) in [5.41, 5.74) is 1.04. The Labute approximate surface area is 224 Å². The smallest absolute Gasteiger partial charge is 0.242 e. The van der Waals surface area contributed by atoms with Gasteiger partial charge in [0, 0.05) is 30.6 Å². The Kier molecular flexibility index (Phi) is 10.3. The largest absolute Gasteiger partial charge is 0.352 e. The summed E-state index contributed by atoms with van der Waals surface area (Å²) in [4.78, 5) is 28.0. The maximum Gasteiger partial charge on any atom is 0.242 e. The highest BCUT2D eigenvalue weighted by Gasteiger charge is 2.29. The Bertz CT molecular complexity index is 1170. The molecule has 10 heteroatoms. The molecule has 0 heterocycles. The van der Waals surface area contributed by atoms with Crippen molar-refractivity contribution >= 4 is 39.1 Å². The highest BCUT2D eigenvalue weighted by Crippen LogP contribution is 2.22. The van der Waals surface area contributed by atoms with Gasteiger partial charge < -0.3 is 10.2 Å². The summed E-state index contributed by atoms with van der Waals surface area (Å²) >= 11 is 6.35.